The van der Waals surface area contributed by atoms with Gasteiger partial charge in [-0.3, -0.25) is 4.79 Å². The van der Waals surface area contributed by atoms with Gasteiger partial charge in [0, 0.05) is 35.9 Å². The average molecular weight is 317 g/mol. The molecule has 1 saturated heterocycles. The van der Waals surface area contributed by atoms with Gasteiger partial charge in [0.2, 0.25) is 0 Å². The second-order valence-corrected chi connectivity index (χ2v) is 5.76. The minimum Gasteiger partial charge on any atom is -0.355 e. The molecule has 5 nitrogen and oxygen atoms in total. The highest BCUT2D eigenvalue weighted by molar-refractivity contribution is 6.30. The van der Waals surface area contributed by atoms with Crippen molar-refractivity contribution in [3.8, 4) is 0 Å². The summed E-state index contributed by atoms with van der Waals surface area (Å²) >= 11 is 5.83. The summed E-state index contributed by atoms with van der Waals surface area (Å²) in [6.45, 7) is 1.73. The Morgan fingerprint density at radius 2 is 1.91 bits per heavy atom. The van der Waals surface area contributed by atoms with Gasteiger partial charge in [-0.1, -0.05) is 11.6 Å². The highest BCUT2D eigenvalue weighted by atomic mass is 35.5. The van der Waals surface area contributed by atoms with Crippen molar-refractivity contribution >= 4 is 23.3 Å². The Morgan fingerprint density at radius 3 is 2.55 bits per heavy atom. The zero-order valence-corrected chi connectivity index (χ0v) is 12.8. The van der Waals surface area contributed by atoms with Gasteiger partial charge in [0.15, 0.2) is 5.82 Å². The van der Waals surface area contributed by atoms with E-state index >= 15 is 0 Å². The lowest BCUT2D eigenvalue weighted by atomic mass is 10.0. The van der Waals surface area contributed by atoms with Gasteiger partial charge in [0.25, 0.3) is 5.91 Å². The van der Waals surface area contributed by atoms with Crippen molar-refractivity contribution in [3.63, 3.8) is 0 Å². The summed E-state index contributed by atoms with van der Waals surface area (Å²) < 4.78 is 0. The molecule has 2 aromatic rings. The number of halogens is 1. The summed E-state index contributed by atoms with van der Waals surface area (Å²) in [5, 5.41) is 11.7. The Labute approximate surface area is 134 Å². The van der Waals surface area contributed by atoms with Gasteiger partial charge in [-0.25, -0.2) is 0 Å². The molecule has 0 radical (unpaired) electrons. The third kappa shape index (κ3) is 3.54. The van der Waals surface area contributed by atoms with Crippen LogP contribution in [0.15, 0.2) is 42.6 Å². The van der Waals surface area contributed by atoms with E-state index in [0.29, 0.717) is 10.6 Å². The Morgan fingerprint density at radius 1 is 1.18 bits per heavy atom. The van der Waals surface area contributed by atoms with Crippen molar-refractivity contribution in [1.82, 2.24) is 15.5 Å². The molecule has 114 valence electrons. The van der Waals surface area contributed by atoms with Crippen molar-refractivity contribution in [2.75, 3.05) is 18.0 Å². The minimum atomic E-state index is -0.0466. The zero-order valence-electron chi connectivity index (χ0n) is 12.1. The summed E-state index contributed by atoms with van der Waals surface area (Å²) in [5.41, 5.74) is 0.640. The molecular weight excluding hydrogens is 300 g/mol. The molecule has 0 aliphatic carbocycles. The van der Waals surface area contributed by atoms with E-state index < -0.39 is 0 Å². The monoisotopic (exact) mass is 316 g/mol. The molecular formula is C16H17ClN4O. The van der Waals surface area contributed by atoms with Crippen LogP contribution in [0.25, 0.3) is 0 Å². The summed E-state index contributed by atoms with van der Waals surface area (Å²) in [6, 6.07) is 11.0. The van der Waals surface area contributed by atoms with Crippen LogP contribution in [0, 0.1) is 0 Å². The van der Waals surface area contributed by atoms with Crippen LogP contribution in [0.3, 0.4) is 0 Å². The van der Waals surface area contributed by atoms with Crippen LogP contribution >= 0.6 is 11.6 Å². The minimum absolute atomic E-state index is 0.0466. The third-order valence-corrected chi connectivity index (χ3v) is 4.07. The maximum absolute atomic E-state index is 12.2. The van der Waals surface area contributed by atoms with E-state index in [-0.39, 0.29) is 11.9 Å². The second-order valence-electron chi connectivity index (χ2n) is 5.32. The molecule has 3 rings (SSSR count). The Balaban J connectivity index is 1.53. The van der Waals surface area contributed by atoms with E-state index in [1.807, 2.05) is 12.1 Å². The number of carbonyl (C=O) groups excluding carboxylic acids is 1. The van der Waals surface area contributed by atoms with Crippen LogP contribution in [-0.4, -0.2) is 35.2 Å². The molecule has 0 atom stereocenters. The molecule has 1 fully saturated rings. The van der Waals surface area contributed by atoms with E-state index in [9.17, 15) is 4.79 Å². The molecule has 0 spiro atoms. The van der Waals surface area contributed by atoms with Crippen LogP contribution in [0.4, 0.5) is 5.82 Å². The molecule has 1 aromatic heterocycles. The Hall–Kier alpha value is -2.14. The van der Waals surface area contributed by atoms with Crippen LogP contribution in [0.5, 0.6) is 0 Å². The Kier molecular flexibility index (Phi) is 4.53. The van der Waals surface area contributed by atoms with Crippen molar-refractivity contribution < 1.29 is 4.79 Å². The Bertz CT molecular complexity index is 624. The number of amides is 1. The van der Waals surface area contributed by atoms with E-state index in [0.717, 1.165) is 31.7 Å². The predicted molar refractivity (Wildman–Crippen MR) is 86.2 cm³/mol. The fourth-order valence-corrected chi connectivity index (χ4v) is 2.71. The van der Waals surface area contributed by atoms with Gasteiger partial charge in [-0.2, -0.15) is 5.10 Å². The van der Waals surface area contributed by atoms with Gasteiger partial charge in [0.05, 0.1) is 0 Å². The lowest BCUT2D eigenvalue weighted by molar-refractivity contribution is 0.0931. The van der Waals surface area contributed by atoms with Crippen LogP contribution in [0.1, 0.15) is 23.2 Å². The van der Waals surface area contributed by atoms with E-state index in [1.165, 1.54) is 0 Å². The fraction of sp³-hybridized carbons (Fsp3) is 0.312. The molecule has 1 amide bonds. The van der Waals surface area contributed by atoms with Gasteiger partial charge in [0.1, 0.15) is 0 Å². The van der Waals surface area contributed by atoms with Crippen LogP contribution in [-0.2, 0) is 0 Å². The quantitative estimate of drug-likeness (QED) is 0.945. The van der Waals surface area contributed by atoms with Gasteiger partial charge >= 0.3 is 0 Å². The SMILES string of the molecule is O=C(NC1CCN(c2cccnn2)CC1)c1ccc(Cl)cc1. The van der Waals surface area contributed by atoms with Gasteiger partial charge in [-0.05, 0) is 49.2 Å². The number of nitrogens with zero attached hydrogens (tertiary/aromatic N) is 3. The number of piperidine rings is 1. The number of hydrogen-bond donors (Lipinski definition) is 1. The van der Waals surface area contributed by atoms with Crippen LogP contribution in [0.2, 0.25) is 5.02 Å². The summed E-state index contributed by atoms with van der Waals surface area (Å²) in [7, 11) is 0. The molecule has 22 heavy (non-hydrogen) atoms. The maximum atomic E-state index is 12.2. The van der Waals surface area contributed by atoms with Crippen molar-refractivity contribution in [2.24, 2.45) is 0 Å². The highest BCUT2D eigenvalue weighted by Crippen LogP contribution is 2.17. The molecule has 0 bridgehead atoms. The smallest absolute Gasteiger partial charge is 0.251 e. The summed E-state index contributed by atoms with van der Waals surface area (Å²) in [5.74, 6) is 0.847. The number of nitrogens with one attached hydrogen (secondary N) is 1. The molecule has 0 saturated carbocycles. The first-order chi connectivity index (χ1) is 10.7. The second kappa shape index (κ2) is 6.75. The average Bonchev–Trinajstić information content (AvgIpc) is 2.57. The highest BCUT2D eigenvalue weighted by Gasteiger charge is 2.22. The molecule has 1 aliphatic rings. The number of hydrogen-bond acceptors (Lipinski definition) is 4. The summed E-state index contributed by atoms with van der Waals surface area (Å²) in [4.78, 5) is 14.4. The normalized spacial score (nSPS) is 15.6. The third-order valence-electron chi connectivity index (χ3n) is 3.82. The molecule has 1 N–H and O–H groups in total. The zero-order chi connectivity index (χ0) is 15.4. The number of benzene rings is 1. The predicted octanol–water partition coefficient (Wildman–Crippen LogP) is 2.53. The standard InChI is InChI=1S/C16H17ClN4O/c17-13-5-3-12(4-6-13)16(22)19-14-7-10-21(11-8-14)15-2-1-9-18-20-15/h1-6,9,14H,7-8,10-11H2,(H,19,22). The summed E-state index contributed by atoms with van der Waals surface area (Å²) in [6.07, 6.45) is 3.47. The first-order valence-electron chi connectivity index (χ1n) is 7.31. The first-order valence-corrected chi connectivity index (χ1v) is 7.69. The fourth-order valence-electron chi connectivity index (χ4n) is 2.58. The molecule has 2 heterocycles. The van der Waals surface area contributed by atoms with Crippen molar-refractivity contribution in [2.45, 2.75) is 18.9 Å². The van der Waals surface area contributed by atoms with E-state index in [1.54, 1.807) is 30.5 Å². The molecule has 6 heteroatoms. The lowest BCUT2D eigenvalue weighted by Crippen LogP contribution is -2.45. The van der Waals surface area contributed by atoms with Gasteiger partial charge < -0.3 is 10.2 Å². The molecule has 1 aliphatic heterocycles. The largest absolute Gasteiger partial charge is 0.355 e. The number of aromatic nitrogens is 2. The number of carbonyl (C=O) groups is 1. The maximum Gasteiger partial charge on any atom is 0.251 e. The molecule has 1 aromatic carbocycles. The van der Waals surface area contributed by atoms with Crippen molar-refractivity contribution in [3.05, 3.63) is 53.2 Å². The van der Waals surface area contributed by atoms with E-state index in [2.05, 4.69) is 20.4 Å². The number of rotatable bonds is 3. The topological polar surface area (TPSA) is 58.1 Å². The van der Waals surface area contributed by atoms with Gasteiger partial charge in [-0.15, -0.1) is 5.10 Å². The lowest BCUT2D eigenvalue weighted by Gasteiger charge is -2.32. The van der Waals surface area contributed by atoms with Crippen LogP contribution < -0.4 is 10.2 Å². The first kappa shape index (κ1) is 14.8. The van der Waals surface area contributed by atoms with E-state index in [4.69, 9.17) is 11.6 Å². The molecule has 0 unspecified atom stereocenters. The van der Waals surface area contributed by atoms with Crippen molar-refractivity contribution in [1.29, 1.82) is 0 Å². The number of anilines is 1.